The lowest BCUT2D eigenvalue weighted by atomic mass is 9.96. The van der Waals surface area contributed by atoms with Crippen molar-refractivity contribution in [2.75, 3.05) is 18.9 Å². The van der Waals surface area contributed by atoms with Gasteiger partial charge in [0.25, 0.3) is 5.91 Å². The molecule has 1 atom stereocenters. The van der Waals surface area contributed by atoms with Crippen molar-refractivity contribution in [1.29, 1.82) is 0 Å². The van der Waals surface area contributed by atoms with Crippen LogP contribution in [-0.4, -0.2) is 41.5 Å². The first-order valence-corrected chi connectivity index (χ1v) is 9.69. The molecule has 0 saturated heterocycles. The molecule has 29 heavy (non-hydrogen) atoms. The Morgan fingerprint density at radius 2 is 1.83 bits per heavy atom. The molecule has 4 rings (SSSR count). The lowest BCUT2D eigenvalue weighted by Crippen LogP contribution is -2.32. The smallest absolute Gasteiger partial charge is 0.339 e. The summed E-state index contributed by atoms with van der Waals surface area (Å²) in [6.07, 6.45) is -0.146. The number of anilines is 1. The molecule has 1 aliphatic heterocycles. The lowest BCUT2D eigenvalue weighted by Gasteiger charge is -2.27. The van der Waals surface area contributed by atoms with Crippen LogP contribution in [0.1, 0.15) is 28.5 Å². The van der Waals surface area contributed by atoms with Gasteiger partial charge in [0, 0.05) is 41.8 Å². The summed E-state index contributed by atoms with van der Waals surface area (Å²) >= 11 is 0. The number of fused-ring (bicyclic) bond motifs is 2. The molecule has 148 valence electrons. The highest BCUT2D eigenvalue weighted by Gasteiger charge is 2.27. The first-order valence-electron chi connectivity index (χ1n) is 9.69. The maximum absolute atomic E-state index is 13.2. The molecular formula is C23H23N3O3. The Morgan fingerprint density at radius 1 is 1.10 bits per heavy atom. The van der Waals surface area contributed by atoms with Crippen molar-refractivity contribution in [1.82, 2.24) is 9.88 Å². The highest BCUT2D eigenvalue weighted by atomic mass is 16.5. The third-order valence-corrected chi connectivity index (χ3v) is 5.14. The Bertz CT molecular complexity index is 1070. The largest absolute Gasteiger partial charge is 0.449 e. The molecule has 0 fully saturated rings. The molecule has 2 aromatic carbocycles. The number of para-hydroxylation sites is 2. The number of nitrogens with zero attached hydrogens (tertiary/aromatic N) is 2. The highest BCUT2D eigenvalue weighted by Crippen LogP contribution is 2.28. The third kappa shape index (κ3) is 3.98. The van der Waals surface area contributed by atoms with E-state index < -0.39 is 12.1 Å². The zero-order chi connectivity index (χ0) is 20.4. The quantitative estimate of drug-likeness (QED) is 0.693. The first kappa shape index (κ1) is 19.1. The molecule has 2 heterocycles. The van der Waals surface area contributed by atoms with Crippen LogP contribution in [0.25, 0.3) is 10.9 Å². The number of aromatic nitrogens is 1. The number of esters is 1. The van der Waals surface area contributed by atoms with Gasteiger partial charge in [0.1, 0.15) is 0 Å². The van der Waals surface area contributed by atoms with Crippen LogP contribution in [0.2, 0.25) is 0 Å². The predicted octanol–water partition coefficient (Wildman–Crippen LogP) is 3.41. The highest BCUT2D eigenvalue weighted by molar-refractivity contribution is 6.06. The van der Waals surface area contributed by atoms with E-state index in [1.807, 2.05) is 49.5 Å². The van der Waals surface area contributed by atoms with Crippen molar-refractivity contribution in [2.24, 2.45) is 0 Å². The summed E-state index contributed by atoms with van der Waals surface area (Å²) in [6, 6.07) is 16.7. The van der Waals surface area contributed by atoms with Gasteiger partial charge in [0.15, 0.2) is 6.10 Å². The Kier molecular flexibility index (Phi) is 5.27. The number of benzene rings is 2. The number of amides is 1. The number of rotatable bonds is 4. The molecule has 0 bridgehead atoms. The molecule has 1 aromatic heterocycles. The normalized spacial score (nSPS) is 14.8. The van der Waals surface area contributed by atoms with Crippen molar-refractivity contribution < 1.29 is 14.3 Å². The fourth-order valence-corrected chi connectivity index (χ4v) is 3.60. The van der Waals surface area contributed by atoms with Gasteiger partial charge in [-0.15, -0.1) is 0 Å². The Morgan fingerprint density at radius 3 is 2.62 bits per heavy atom. The van der Waals surface area contributed by atoms with E-state index in [-0.39, 0.29) is 5.91 Å². The van der Waals surface area contributed by atoms with E-state index in [4.69, 9.17) is 9.72 Å². The standard InChI is InChI=1S/C23H23N3O3/c1-15(22(27)24-16-8-4-3-5-9-16)29-23(28)21-17-10-6-7-11-19(17)25-20-12-13-26(2)14-18(20)21/h3-11,15H,12-14H2,1-2H3,(H,24,27). The Hall–Kier alpha value is -3.25. The van der Waals surface area contributed by atoms with E-state index in [1.54, 1.807) is 19.1 Å². The summed E-state index contributed by atoms with van der Waals surface area (Å²) in [5.41, 5.74) is 3.75. The van der Waals surface area contributed by atoms with Crippen LogP contribution in [0.4, 0.5) is 5.69 Å². The second-order valence-corrected chi connectivity index (χ2v) is 7.32. The molecule has 6 nitrogen and oxygen atoms in total. The van der Waals surface area contributed by atoms with Gasteiger partial charge in [-0.25, -0.2) is 4.79 Å². The topological polar surface area (TPSA) is 71.5 Å². The van der Waals surface area contributed by atoms with Crippen LogP contribution in [-0.2, 0) is 22.5 Å². The fraction of sp³-hybridized carbons (Fsp3) is 0.261. The Labute approximate surface area is 169 Å². The van der Waals surface area contributed by atoms with Crippen molar-refractivity contribution in [3.8, 4) is 0 Å². The van der Waals surface area contributed by atoms with Crippen LogP contribution in [0.5, 0.6) is 0 Å². The summed E-state index contributed by atoms with van der Waals surface area (Å²) in [6.45, 7) is 3.10. The Balaban J connectivity index is 1.62. The third-order valence-electron chi connectivity index (χ3n) is 5.14. The summed E-state index contributed by atoms with van der Waals surface area (Å²) in [5.74, 6) is -0.861. The van der Waals surface area contributed by atoms with E-state index >= 15 is 0 Å². The van der Waals surface area contributed by atoms with Crippen molar-refractivity contribution >= 4 is 28.5 Å². The molecule has 1 aliphatic rings. The van der Waals surface area contributed by atoms with E-state index in [0.29, 0.717) is 17.8 Å². The molecule has 0 spiro atoms. The van der Waals surface area contributed by atoms with Gasteiger partial charge in [0.2, 0.25) is 0 Å². The van der Waals surface area contributed by atoms with Crippen LogP contribution >= 0.6 is 0 Å². The number of ether oxygens (including phenoxy) is 1. The van der Waals surface area contributed by atoms with Crippen molar-refractivity contribution in [3.05, 3.63) is 71.4 Å². The average molecular weight is 389 g/mol. The van der Waals surface area contributed by atoms with Gasteiger partial charge in [0.05, 0.1) is 11.1 Å². The van der Waals surface area contributed by atoms with Gasteiger partial charge >= 0.3 is 5.97 Å². The summed E-state index contributed by atoms with van der Waals surface area (Å²) in [5, 5.41) is 3.52. The predicted molar refractivity (Wildman–Crippen MR) is 112 cm³/mol. The van der Waals surface area contributed by atoms with E-state index in [9.17, 15) is 9.59 Å². The zero-order valence-corrected chi connectivity index (χ0v) is 16.5. The summed E-state index contributed by atoms with van der Waals surface area (Å²) in [4.78, 5) is 32.5. The monoisotopic (exact) mass is 389 g/mol. The molecule has 0 radical (unpaired) electrons. The van der Waals surface area contributed by atoms with E-state index in [1.165, 1.54) is 0 Å². The van der Waals surface area contributed by atoms with Crippen LogP contribution < -0.4 is 5.32 Å². The second kappa shape index (κ2) is 8.01. The minimum atomic E-state index is -0.924. The average Bonchev–Trinajstić information content (AvgIpc) is 2.72. The number of nitrogens with one attached hydrogen (secondary N) is 1. The fourth-order valence-electron chi connectivity index (χ4n) is 3.60. The first-order chi connectivity index (χ1) is 14.0. The SMILES string of the molecule is CC(OC(=O)c1c2c(nc3ccccc13)CCN(C)C2)C(=O)Nc1ccccc1. The van der Waals surface area contributed by atoms with E-state index in [0.717, 1.165) is 35.1 Å². The molecular weight excluding hydrogens is 366 g/mol. The molecule has 0 aliphatic carbocycles. The number of carbonyl (C=O) groups excluding carboxylic acids is 2. The number of pyridine rings is 1. The molecule has 3 aromatic rings. The van der Waals surface area contributed by atoms with Crippen LogP contribution in [0.3, 0.4) is 0 Å². The molecule has 1 unspecified atom stereocenters. The molecule has 1 N–H and O–H groups in total. The zero-order valence-electron chi connectivity index (χ0n) is 16.5. The number of hydrogen-bond acceptors (Lipinski definition) is 5. The van der Waals surface area contributed by atoms with Gasteiger partial charge in [-0.05, 0) is 32.2 Å². The summed E-state index contributed by atoms with van der Waals surface area (Å²) in [7, 11) is 2.02. The van der Waals surface area contributed by atoms with Crippen LogP contribution in [0.15, 0.2) is 54.6 Å². The molecule has 1 amide bonds. The summed E-state index contributed by atoms with van der Waals surface area (Å²) < 4.78 is 5.58. The molecule has 6 heteroatoms. The van der Waals surface area contributed by atoms with E-state index in [2.05, 4.69) is 10.2 Å². The van der Waals surface area contributed by atoms with Crippen LogP contribution in [0, 0.1) is 0 Å². The lowest BCUT2D eigenvalue weighted by molar-refractivity contribution is -0.123. The van der Waals surface area contributed by atoms with Gasteiger partial charge in [-0.1, -0.05) is 36.4 Å². The number of carbonyl (C=O) groups is 2. The number of likely N-dealkylation sites (N-methyl/N-ethyl adjacent to an activating group) is 1. The number of hydrogen-bond donors (Lipinski definition) is 1. The van der Waals surface area contributed by atoms with Gasteiger partial charge in [-0.2, -0.15) is 0 Å². The maximum Gasteiger partial charge on any atom is 0.339 e. The minimum absolute atomic E-state index is 0.367. The van der Waals surface area contributed by atoms with Gasteiger partial charge < -0.3 is 15.0 Å². The maximum atomic E-state index is 13.2. The van der Waals surface area contributed by atoms with Gasteiger partial charge in [-0.3, -0.25) is 9.78 Å². The minimum Gasteiger partial charge on any atom is -0.449 e. The second-order valence-electron chi connectivity index (χ2n) is 7.32. The van der Waals surface area contributed by atoms with Crippen molar-refractivity contribution in [2.45, 2.75) is 26.0 Å². The van der Waals surface area contributed by atoms with Crippen molar-refractivity contribution in [3.63, 3.8) is 0 Å². The molecule has 0 saturated carbocycles.